The Hall–Kier alpha value is -2.06. The number of nitrogens with one attached hydrogen (secondary N) is 1. The number of nitrogens with two attached hydrogens (primary N) is 1. The van der Waals surface area contributed by atoms with Crippen LogP contribution in [0.4, 0.5) is 10.7 Å². The van der Waals surface area contributed by atoms with Gasteiger partial charge in [0.05, 0.1) is 10.6 Å². The lowest BCUT2D eigenvalue weighted by Crippen LogP contribution is -2.36. The molecule has 0 radical (unpaired) electrons. The highest BCUT2D eigenvalue weighted by molar-refractivity contribution is 6.34. The molecule has 2 aromatic heterocycles. The lowest BCUT2D eigenvalue weighted by Gasteiger charge is -2.33. The zero-order chi connectivity index (χ0) is 16.6. The van der Waals surface area contributed by atoms with Gasteiger partial charge in [0.15, 0.2) is 0 Å². The maximum Gasteiger partial charge on any atom is 0.411 e. The van der Waals surface area contributed by atoms with Crippen molar-refractivity contribution in [2.24, 2.45) is 5.73 Å². The SMILES string of the molecule is CC1(O)CCC(Nc2nc(OC(N)=O)c3c(Cl)ccn3n2)CC1. The van der Waals surface area contributed by atoms with Gasteiger partial charge >= 0.3 is 6.09 Å². The van der Waals surface area contributed by atoms with E-state index in [0.717, 1.165) is 12.8 Å². The number of ether oxygens (including phenoxy) is 1. The molecule has 2 aromatic rings. The zero-order valence-electron chi connectivity index (χ0n) is 12.6. The second-order valence-corrected chi connectivity index (χ2v) is 6.44. The Labute approximate surface area is 137 Å². The molecule has 1 saturated carbocycles. The Morgan fingerprint density at radius 3 is 2.91 bits per heavy atom. The second-order valence-electron chi connectivity index (χ2n) is 6.03. The molecule has 1 aliphatic rings. The first-order valence-corrected chi connectivity index (χ1v) is 7.73. The lowest BCUT2D eigenvalue weighted by atomic mass is 9.84. The third-order valence-electron chi connectivity index (χ3n) is 4.02. The summed E-state index contributed by atoms with van der Waals surface area (Å²) in [4.78, 5) is 15.2. The van der Waals surface area contributed by atoms with Crippen molar-refractivity contribution in [3.63, 3.8) is 0 Å². The number of carbonyl (C=O) groups is 1. The van der Waals surface area contributed by atoms with E-state index in [1.165, 1.54) is 4.52 Å². The van der Waals surface area contributed by atoms with Crippen molar-refractivity contribution in [1.82, 2.24) is 14.6 Å². The number of aromatic nitrogens is 3. The number of nitrogens with zero attached hydrogens (tertiary/aromatic N) is 3. The summed E-state index contributed by atoms with van der Waals surface area (Å²) in [5, 5.41) is 17.9. The van der Waals surface area contributed by atoms with E-state index in [4.69, 9.17) is 22.1 Å². The van der Waals surface area contributed by atoms with Crippen LogP contribution in [0.15, 0.2) is 12.3 Å². The molecule has 0 spiro atoms. The number of rotatable bonds is 3. The molecule has 0 aliphatic heterocycles. The van der Waals surface area contributed by atoms with Gasteiger partial charge in [-0.3, -0.25) is 0 Å². The molecule has 4 N–H and O–H groups in total. The van der Waals surface area contributed by atoms with E-state index in [9.17, 15) is 9.90 Å². The molecule has 23 heavy (non-hydrogen) atoms. The molecular formula is C14H18ClN5O3. The van der Waals surface area contributed by atoms with E-state index >= 15 is 0 Å². The minimum atomic E-state index is -0.970. The highest BCUT2D eigenvalue weighted by atomic mass is 35.5. The highest BCUT2D eigenvalue weighted by Gasteiger charge is 2.29. The van der Waals surface area contributed by atoms with Crippen LogP contribution in [0.5, 0.6) is 5.88 Å². The van der Waals surface area contributed by atoms with Crippen LogP contribution < -0.4 is 15.8 Å². The van der Waals surface area contributed by atoms with Gasteiger partial charge in [-0.15, -0.1) is 5.10 Å². The first-order chi connectivity index (χ1) is 10.8. The molecule has 0 saturated heterocycles. The van der Waals surface area contributed by atoms with Crippen LogP contribution in [0.2, 0.25) is 5.02 Å². The van der Waals surface area contributed by atoms with Gasteiger partial charge in [-0.1, -0.05) is 11.6 Å². The summed E-state index contributed by atoms with van der Waals surface area (Å²) in [7, 11) is 0. The maximum absolute atomic E-state index is 11.1. The van der Waals surface area contributed by atoms with Gasteiger partial charge in [0.25, 0.3) is 5.88 Å². The van der Waals surface area contributed by atoms with Crippen LogP contribution in [0, 0.1) is 0 Å². The van der Waals surface area contributed by atoms with Crippen LogP contribution in [-0.2, 0) is 0 Å². The van der Waals surface area contributed by atoms with Crippen LogP contribution in [0.25, 0.3) is 5.52 Å². The summed E-state index contributed by atoms with van der Waals surface area (Å²) >= 11 is 6.06. The number of amides is 1. The predicted molar refractivity (Wildman–Crippen MR) is 84.7 cm³/mol. The molecule has 2 heterocycles. The number of aliphatic hydroxyl groups is 1. The van der Waals surface area contributed by atoms with E-state index in [-0.39, 0.29) is 11.9 Å². The Kier molecular flexibility index (Phi) is 4.03. The fourth-order valence-electron chi connectivity index (χ4n) is 2.75. The van der Waals surface area contributed by atoms with E-state index < -0.39 is 11.7 Å². The Morgan fingerprint density at radius 2 is 2.26 bits per heavy atom. The van der Waals surface area contributed by atoms with Crippen molar-refractivity contribution in [3.8, 4) is 5.88 Å². The lowest BCUT2D eigenvalue weighted by molar-refractivity contribution is 0.0195. The molecule has 9 heteroatoms. The molecule has 0 bridgehead atoms. The van der Waals surface area contributed by atoms with Crippen LogP contribution in [0.1, 0.15) is 32.6 Å². The molecule has 1 amide bonds. The largest absolute Gasteiger partial charge is 0.411 e. The topological polar surface area (TPSA) is 115 Å². The van der Waals surface area contributed by atoms with Crippen molar-refractivity contribution in [2.75, 3.05) is 5.32 Å². The van der Waals surface area contributed by atoms with Crippen molar-refractivity contribution in [3.05, 3.63) is 17.3 Å². The number of hydrogen-bond donors (Lipinski definition) is 3. The molecule has 1 aliphatic carbocycles. The number of hydrogen-bond acceptors (Lipinski definition) is 6. The molecule has 1 fully saturated rings. The summed E-state index contributed by atoms with van der Waals surface area (Å²) in [6.07, 6.45) is 3.67. The molecular weight excluding hydrogens is 322 g/mol. The Morgan fingerprint density at radius 1 is 1.57 bits per heavy atom. The van der Waals surface area contributed by atoms with Gasteiger partial charge in [0.1, 0.15) is 5.52 Å². The molecule has 0 atom stereocenters. The fraction of sp³-hybridized carbons (Fsp3) is 0.500. The second kappa shape index (κ2) is 5.86. The van der Waals surface area contributed by atoms with Crippen LogP contribution in [-0.4, -0.2) is 37.4 Å². The summed E-state index contributed by atoms with van der Waals surface area (Å²) in [6.45, 7) is 1.84. The summed E-state index contributed by atoms with van der Waals surface area (Å²) < 4.78 is 6.41. The summed E-state index contributed by atoms with van der Waals surface area (Å²) in [5.74, 6) is 0.320. The fourth-order valence-corrected chi connectivity index (χ4v) is 2.97. The van der Waals surface area contributed by atoms with Crippen LogP contribution in [0.3, 0.4) is 0 Å². The van der Waals surface area contributed by atoms with Crippen molar-refractivity contribution in [1.29, 1.82) is 0 Å². The predicted octanol–water partition coefficient (Wildman–Crippen LogP) is 1.95. The van der Waals surface area contributed by atoms with Gasteiger partial charge in [-0.2, -0.15) is 4.98 Å². The first kappa shape index (κ1) is 15.8. The van der Waals surface area contributed by atoms with E-state index in [1.54, 1.807) is 12.3 Å². The van der Waals surface area contributed by atoms with Crippen LogP contribution >= 0.6 is 11.6 Å². The van der Waals surface area contributed by atoms with Gasteiger partial charge < -0.3 is 20.9 Å². The molecule has 0 unspecified atom stereocenters. The quantitative estimate of drug-likeness (QED) is 0.787. The third kappa shape index (κ3) is 3.48. The van der Waals surface area contributed by atoms with Crippen molar-refractivity contribution >= 4 is 29.2 Å². The maximum atomic E-state index is 11.1. The highest BCUT2D eigenvalue weighted by Crippen LogP contribution is 2.30. The van der Waals surface area contributed by atoms with E-state index in [1.807, 2.05) is 6.92 Å². The Balaban J connectivity index is 1.85. The van der Waals surface area contributed by atoms with Crippen molar-refractivity contribution in [2.45, 2.75) is 44.2 Å². The average Bonchev–Trinajstić information content (AvgIpc) is 2.82. The normalized spacial score (nSPS) is 24.6. The minimum absolute atomic E-state index is 0.00723. The average molecular weight is 340 g/mol. The number of fused-ring (bicyclic) bond motifs is 1. The Bertz CT molecular complexity index is 735. The molecule has 124 valence electrons. The molecule has 8 nitrogen and oxygen atoms in total. The monoisotopic (exact) mass is 339 g/mol. The first-order valence-electron chi connectivity index (χ1n) is 7.35. The molecule has 3 rings (SSSR count). The third-order valence-corrected chi connectivity index (χ3v) is 4.33. The number of anilines is 1. The molecule has 0 aromatic carbocycles. The number of halogens is 1. The smallest absolute Gasteiger partial charge is 0.390 e. The van der Waals surface area contributed by atoms with Gasteiger partial charge in [-0.25, -0.2) is 9.31 Å². The van der Waals surface area contributed by atoms with Gasteiger partial charge in [0, 0.05) is 12.2 Å². The van der Waals surface area contributed by atoms with Gasteiger partial charge in [0.2, 0.25) is 5.95 Å². The zero-order valence-corrected chi connectivity index (χ0v) is 13.4. The summed E-state index contributed by atoms with van der Waals surface area (Å²) in [6, 6.07) is 1.77. The van der Waals surface area contributed by atoms with E-state index in [2.05, 4.69) is 15.4 Å². The standard InChI is InChI=1S/C14H18ClN5O3/c1-14(22)5-2-8(3-6-14)17-13-18-11(23-12(16)21)10-9(15)4-7-20(10)19-13/h4,7-8,22H,2-3,5-6H2,1H3,(H2,16,21)(H,17,19). The number of carbonyl (C=O) groups excluding carboxylic acids is 1. The van der Waals surface area contributed by atoms with Crippen molar-refractivity contribution < 1.29 is 14.6 Å². The van der Waals surface area contributed by atoms with E-state index in [0.29, 0.717) is 29.3 Å². The van der Waals surface area contributed by atoms with Gasteiger partial charge in [-0.05, 0) is 38.7 Å². The number of primary amides is 1. The summed E-state index contributed by atoms with van der Waals surface area (Å²) in [5.41, 5.74) is 4.84. The minimum Gasteiger partial charge on any atom is -0.390 e.